The van der Waals surface area contributed by atoms with Crippen molar-refractivity contribution in [1.29, 1.82) is 0 Å². The number of para-hydroxylation sites is 1. The zero-order valence-corrected chi connectivity index (χ0v) is 17.6. The van der Waals surface area contributed by atoms with E-state index in [1.807, 2.05) is 31.2 Å². The fraction of sp³-hybridized carbons (Fsp3) is 0.261. The smallest absolute Gasteiger partial charge is 0.341 e. The molecule has 0 spiro atoms. The molecular formula is C23H24N2O5. The molecule has 156 valence electrons. The third-order valence-corrected chi connectivity index (χ3v) is 4.84. The number of rotatable bonds is 6. The van der Waals surface area contributed by atoms with Crippen molar-refractivity contribution >= 4 is 28.5 Å². The second kappa shape index (κ2) is 8.82. The minimum absolute atomic E-state index is 0.375. The zero-order valence-electron chi connectivity index (χ0n) is 17.6. The van der Waals surface area contributed by atoms with Gasteiger partial charge in [-0.15, -0.1) is 0 Å². The van der Waals surface area contributed by atoms with Crippen molar-refractivity contribution in [3.63, 3.8) is 0 Å². The molecule has 0 aliphatic rings. The number of anilines is 1. The predicted octanol–water partition coefficient (Wildman–Crippen LogP) is 4.05. The molecular weight excluding hydrogens is 384 g/mol. The number of hydrogen-bond donors (Lipinski definition) is 1. The van der Waals surface area contributed by atoms with E-state index in [2.05, 4.69) is 10.3 Å². The van der Waals surface area contributed by atoms with Gasteiger partial charge >= 0.3 is 5.97 Å². The number of fused-ring (bicyclic) bond motifs is 1. The number of methoxy groups -OCH3 is 2. The SMILES string of the molecule is COc1ccc(NC(=O)C(C)OC(=O)c2c(C)nc3ccccc3c2C)cc1OC. The number of carbonyl (C=O) groups excluding carboxylic acids is 2. The first-order chi connectivity index (χ1) is 14.3. The summed E-state index contributed by atoms with van der Waals surface area (Å²) in [6.07, 6.45) is -1.00. The lowest BCUT2D eigenvalue weighted by molar-refractivity contribution is -0.123. The van der Waals surface area contributed by atoms with Gasteiger partial charge in [0.25, 0.3) is 5.91 Å². The molecule has 1 aromatic heterocycles. The maximum absolute atomic E-state index is 12.8. The molecule has 1 atom stereocenters. The fourth-order valence-electron chi connectivity index (χ4n) is 3.26. The van der Waals surface area contributed by atoms with E-state index >= 15 is 0 Å². The van der Waals surface area contributed by atoms with Crippen molar-refractivity contribution in [2.24, 2.45) is 0 Å². The maximum atomic E-state index is 12.8. The number of nitrogens with one attached hydrogen (secondary N) is 1. The Morgan fingerprint density at radius 3 is 2.40 bits per heavy atom. The molecule has 3 aromatic rings. The summed E-state index contributed by atoms with van der Waals surface area (Å²) in [4.78, 5) is 29.8. The van der Waals surface area contributed by atoms with Crippen LogP contribution in [0.4, 0.5) is 5.69 Å². The minimum atomic E-state index is -1.00. The Labute approximate surface area is 175 Å². The highest BCUT2D eigenvalue weighted by Crippen LogP contribution is 2.30. The largest absolute Gasteiger partial charge is 0.493 e. The van der Waals surface area contributed by atoms with Crippen LogP contribution in [0.25, 0.3) is 10.9 Å². The summed E-state index contributed by atoms with van der Waals surface area (Å²) in [7, 11) is 3.04. The highest BCUT2D eigenvalue weighted by atomic mass is 16.5. The molecule has 3 rings (SSSR count). The number of benzene rings is 2. The summed E-state index contributed by atoms with van der Waals surface area (Å²) >= 11 is 0. The predicted molar refractivity (Wildman–Crippen MR) is 114 cm³/mol. The van der Waals surface area contributed by atoms with Crippen LogP contribution in [0, 0.1) is 13.8 Å². The van der Waals surface area contributed by atoms with E-state index in [0.717, 1.165) is 16.5 Å². The van der Waals surface area contributed by atoms with Gasteiger partial charge in [0.1, 0.15) is 0 Å². The van der Waals surface area contributed by atoms with Gasteiger partial charge in [0, 0.05) is 17.1 Å². The molecule has 1 N–H and O–H groups in total. The van der Waals surface area contributed by atoms with Crippen molar-refractivity contribution in [3.8, 4) is 11.5 Å². The Morgan fingerprint density at radius 1 is 1.00 bits per heavy atom. The lowest BCUT2D eigenvalue weighted by atomic mass is 10.0. The summed E-state index contributed by atoms with van der Waals surface area (Å²) in [5.41, 5.74) is 3.02. The Morgan fingerprint density at radius 2 is 1.70 bits per heavy atom. The number of ether oxygens (including phenoxy) is 3. The molecule has 0 bridgehead atoms. The third-order valence-electron chi connectivity index (χ3n) is 4.84. The lowest BCUT2D eigenvalue weighted by Crippen LogP contribution is -2.30. The van der Waals surface area contributed by atoms with Crippen molar-refractivity contribution in [2.45, 2.75) is 26.9 Å². The topological polar surface area (TPSA) is 86.8 Å². The van der Waals surface area contributed by atoms with Gasteiger partial charge in [-0.25, -0.2) is 4.79 Å². The van der Waals surface area contributed by atoms with Gasteiger partial charge in [-0.1, -0.05) is 18.2 Å². The van der Waals surface area contributed by atoms with Gasteiger partial charge in [-0.05, 0) is 44.5 Å². The third kappa shape index (κ3) is 4.20. The van der Waals surface area contributed by atoms with Crippen LogP contribution in [0.1, 0.15) is 28.5 Å². The van der Waals surface area contributed by atoms with E-state index in [4.69, 9.17) is 14.2 Å². The number of aryl methyl sites for hydroxylation is 2. The summed E-state index contributed by atoms with van der Waals surface area (Å²) in [6.45, 7) is 5.12. The van der Waals surface area contributed by atoms with Crippen molar-refractivity contribution in [3.05, 3.63) is 59.3 Å². The van der Waals surface area contributed by atoms with Gasteiger partial charge in [0.05, 0.1) is 31.0 Å². The summed E-state index contributed by atoms with van der Waals surface area (Å²) < 4.78 is 15.9. The van der Waals surface area contributed by atoms with E-state index < -0.39 is 18.0 Å². The van der Waals surface area contributed by atoms with Crippen LogP contribution in [0.2, 0.25) is 0 Å². The number of amides is 1. The highest BCUT2D eigenvalue weighted by Gasteiger charge is 2.23. The maximum Gasteiger partial charge on any atom is 0.341 e. The first kappa shape index (κ1) is 21.1. The molecule has 7 heteroatoms. The van der Waals surface area contributed by atoms with Gasteiger partial charge in [0.15, 0.2) is 17.6 Å². The van der Waals surface area contributed by atoms with Crippen LogP contribution < -0.4 is 14.8 Å². The van der Waals surface area contributed by atoms with E-state index in [0.29, 0.717) is 28.4 Å². The summed E-state index contributed by atoms with van der Waals surface area (Å²) in [6, 6.07) is 12.6. The number of pyridine rings is 1. The van der Waals surface area contributed by atoms with E-state index in [1.54, 1.807) is 25.1 Å². The average molecular weight is 408 g/mol. The number of nitrogens with zero attached hydrogens (tertiary/aromatic N) is 1. The number of aromatic nitrogens is 1. The van der Waals surface area contributed by atoms with Crippen LogP contribution in [0.3, 0.4) is 0 Å². The molecule has 2 aromatic carbocycles. The molecule has 0 fully saturated rings. The van der Waals surface area contributed by atoms with Crippen molar-refractivity contribution < 1.29 is 23.8 Å². The van der Waals surface area contributed by atoms with Gasteiger partial charge in [0.2, 0.25) is 0 Å². The molecule has 30 heavy (non-hydrogen) atoms. The highest BCUT2D eigenvalue weighted by molar-refractivity contribution is 6.01. The van der Waals surface area contributed by atoms with Crippen LogP contribution in [-0.4, -0.2) is 37.2 Å². The van der Waals surface area contributed by atoms with Gasteiger partial charge in [-0.2, -0.15) is 0 Å². The molecule has 1 amide bonds. The van der Waals surface area contributed by atoms with Crippen LogP contribution in [0.5, 0.6) is 11.5 Å². The molecule has 0 aliphatic heterocycles. The number of carbonyl (C=O) groups is 2. The molecule has 7 nitrogen and oxygen atoms in total. The lowest BCUT2D eigenvalue weighted by Gasteiger charge is -2.17. The Balaban J connectivity index is 1.76. The average Bonchev–Trinajstić information content (AvgIpc) is 2.73. The molecule has 1 unspecified atom stereocenters. The second-order valence-electron chi connectivity index (χ2n) is 6.82. The van der Waals surface area contributed by atoms with Crippen molar-refractivity contribution in [2.75, 3.05) is 19.5 Å². The summed E-state index contributed by atoms with van der Waals surface area (Å²) in [5, 5.41) is 3.59. The molecule has 0 saturated heterocycles. The monoisotopic (exact) mass is 408 g/mol. The van der Waals surface area contributed by atoms with Gasteiger partial charge < -0.3 is 19.5 Å². The number of hydrogen-bond acceptors (Lipinski definition) is 6. The molecule has 0 aliphatic carbocycles. The van der Waals surface area contributed by atoms with Crippen LogP contribution in [-0.2, 0) is 9.53 Å². The quantitative estimate of drug-likeness (QED) is 0.619. The van der Waals surface area contributed by atoms with E-state index in [1.165, 1.54) is 21.1 Å². The van der Waals surface area contributed by atoms with E-state index in [9.17, 15) is 9.59 Å². The standard InChI is InChI=1S/C23H24N2O5/c1-13-17-8-6-7-9-18(17)24-14(2)21(13)23(27)30-15(3)22(26)25-16-10-11-19(28-4)20(12-16)29-5/h6-12,15H,1-5H3,(H,25,26). The fourth-order valence-corrected chi connectivity index (χ4v) is 3.26. The number of esters is 1. The van der Waals surface area contributed by atoms with Gasteiger partial charge in [-0.3, -0.25) is 9.78 Å². The summed E-state index contributed by atoms with van der Waals surface area (Å²) in [5.74, 6) is -0.0176. The first-order valence-corrected chi connectivity index (χ1v) is 9.45. The molecule has 1 heterocycles. The first-order valence-electron chi connectivity index (χ1n) is 9.45. The Kier molecular flexibility index (Phi) is 6.20. The zero-order chi connectivity index (χ0) is 21.8. The normalized spacial score (nSPS) is 11.6. The van der Waals surface area contributed by atoms with Crippen LogP contribution >= 0.6 is 0 Å². The molecule has 0 saturated carbocycles. The van der Waals surface area contributed by atoms with Crippen molar-refractivity contribution in [1.82, 2.24) is 4.98 Å². The Bertz CT molecular complexity index is 1110. The Hall–Kier alpha value is -3.61. The van der Waals surface area contributed by atoms with E-state index in [-0.39, 0.29) is 0 Å². The second-order valence-corrected chi connectivity index (χ2v) is 6.82. The minimum Gasteiger partial charge on any atom is -0.493 e. The molecule has 0 radical (unpaired) electrons. The van der Waals surface area contributed by atoms with Crippen LogP contribution in [0.15, 0.2) is 42.5 Å².